The van der Waals surface area contributed by atoms with E-state index >= 15 is 0 Å². The molecule has 2 rings (SSSR count). The molecule has 0 saturated carbocycles. The van der Waals surface area contributed by atoms with Crippen molar-refractivity contribution in [3.8, 4) is 0 Å². The van der Waals surface area contributed by atoms with E-state index in [1.807, 2.05) is 13.8 Å². The zero-order chi connectivity index (χ0) is 15.8. The van der Waals surface area contributed by atoms with Gasteiger partial charge in [0, 0.05) is 5.92 Å². The number of hydrogen-bond acceptors (Lipinski definition) is 5. The lowest BCUT2D eigenvalue weighted by atomic mass is 10.1. The Kier molecular flexibility index (Phi) is 4.09. The van der Waals surface area contributed by atoms with E-state index in [0.29, 0.717) is 22.7 Å². The fraction of sp³-hybridized carbons (Fsp3) is 0.500. The van der Waals surface area contributed by atoms with Gasteiger partial charge in [-0.15, -0.1) is 0 Å². The Hall–Kier alpha value is -1.82. The predicted molar refractivity (Wildman–Crippen MR) is 80.8 cm³/mol. The molecular formula is C14H18ClN3O3. The van der Waals surface area contributed by atoms with Crippen LogP contribution in [0.5, 0.6) is 0 Å². The molecule has 0 unspecified atom stereocenters. The topological polar surface area (TPSA) is 77.3 Å². The highest BCUT2D eigenvalue weighted by Crippen LogP contribution is 2.34. The number of amides is 1. The van der Waals surface area contributed by atoms with Crippen molar-refractivity contribution < 1.29 is 13.9 Å². The van der Waals surface area contributed by atoms with Gasteiger partial charge in [0.15, 0.2) is 5.52 Å². The maximum atomic E-state index is 12.0. The van der Waals surface area contributed by atoms with E-state index in [2.05, 4.69) is 15.3 Å². The number of nitrogens with one attached hydrogen (secondary N) is 1. The van der Waals surface area contributed by atoms with Crippen molar-refractivity contribution in [2.75, 3.05) is 5.32 Å². The van der Waals surface area contributed by atoms with Crippen molar-refractivity contribution in [3.63, 3.8) is 0 Å². The third-order valence-corrected chi connectivity index (χ3v) is 2.73. The first-order valence-electron chi connectivity index (χ1n) is 6.62. The van der Waals surface area contributed by atoms with Crippen LogP contribution in [0, 0.1) is 0 Å². The number of nitrogens with zero attached hydrogens (tertiary/aromatic N) is 2. The van der Waals surface area contributed by atoms with Gasteiger partial charge in [-0.05, 0) is 20.8 Å². The molecule has 0 aliphatic heterocycles. The highest BCUT2D eigenvalue weighted by Gasteiger charge is 2.24. The SMILES string of the molecule is CC(C)c1oc2ncc(Cl)nc2c1NC(=O)OC(C)(C)C. The number of fused-ring (bicyclic) bond motifs is 1. The molecule has 0 bridgehead atoms. The second-order valence-electron chi connectivity index (χ2n) is 5.97. The van der Waals surface area contributed by atoms with E-state index in [1.165, 1.54) is 6.20 Å². The van der Waals surface area contributed by atoms with Crippen LogP contribution in [0.15, 0.2) is 10.6 Å². The van der Waals surface area contributed by atoms with E-state index in [1.54, 1.807) is 20.8 Å². The molecule has 2 heterocycles. The zero-order valence-electron chi connectivity index (χ0n) is 12.7. The van der Waals surface area contributed by atoms with Gasteiger partial charge in [-0.25, -0.2) is 14.8 Å². The summed E-state index contributed by atoms with van der Waals surface area (Å²) in [4.78, 5) is 20.2. The maximum absolute atomic E-state index is 12.0. The summed E-state index contributed by atoms with van der Waals surface area (Å²) in [5.41, 5.74) is 0.598. The first-order valence-corrected chi connectivity index (χ1v) is 7.00. The number of aromatic nitrogens is 2. The lowest BCUT2D eigenvalue weighted by Gasteiger charge is -2.19. The molecule has 1 amide bonds. The Labute approximate surface area is 127 Å². The van der Waals surface area contributed by atoms with Gasteiger partial charge >= 0.3 is 6.09 Å². The molecule has 0 atom stereocenters. The van der Waals surface area contributed by atoms with E-state index in [0.717, 1.165) is 0 Å². The third-order valence-electron chi connectivity index (χ3n) is 2.55. The molecule has 0 fully saturated rings. The van der Waals surface area contributed by atoms with Crippen molar-refractivity contribution >= 4 is 34.6 Å². The Morgan fingerprint density at radius 2 is 2.10 bits per heavy atom. The number of rotatable bonds is 2. The van der Waals surface area contributed by atoms with Crippen LogP contribution in [0.2, 0.25) is 5.15 Å². The minimum absolute atomic E-state index is 0.0460. The normalized spacial score (nSPS) is 12.0. The largest absolute Gasteiger partial charge is 0.444 e. The fourth-order valence-electron chi connectivity index (χ4n) is 1.80. The standard InChI is InChI=1S/C14H18ClN3O3/c1-7(2)11-9(18-13(19)21-14(3,4)5)10-12(20-11)16-6-8(15)17-10/h6-7H,1-5H3,(H,18,19). The fourth-order valence-corrected chi connectivity index (χ4v) is 1.93. The first-order chi connectivity index (χ1) is 9.67. The monoisotopic (exact) mass is 311 g/mol. The maximum Gasteiger partial charge on any atom is 0.412 e. The number of anilines is 1. The highest BCUT2D eigenvalue weighted by molar-refractivity contribution is 6.29. The summed E-state index contributed by atoms with van der Waals surface area (Å²) in [5, 5.41) is 2.91. The van der Waals surface area contributed by atoms with Crippen molar-refractivity contribution in [2.45, 2.75) is 46.1 Å². The lowest BCUT2D eigenvalue weighted by Crippen LogP contribution is -2.27. The van der Waals surface area contributed by atoms with Crippen molar-refractivity contribution in [3.05, 3.63) is 17.1 Å². The van der Waals surface area contributed by atoms with E-state index in [-0.39, 0.29) is 11.1 Å². The smallest absolute Gasteiger partial charge is 0.412 e. The van der Waals surface area contributed by atoms with E-state index in [4.69, 9.17) is 20.8 Å². The van der Waals surface area contributed by atoms with Crippen LogP contribution in [0.25, 0.3) is 11.2 Å². The average Bonchev–Trinajstić information content (AvgIpc) is 2.65. The molecule has 6 nitrogen and oxygen atoms in total. The van der Waals surface area contributed by atoms with Crippen LogP contribution < -0.4 is 5.32 Å². The first kappa shape index (κ1) is 15.6. The van der Waals surface area contributed by atoms with Crippen molar-refractivity contribution in [2.24, 2.45) is 0 Å². The van der Waals surface area contributed by atoms with Gasteiger partial charge in [-0.2, -0.15) is 0 Å². The summed E-state index contributed by atoms with van der Waals surface area (Å²) in [6, 6.07) is 0. The number of ether oxygens (including phenoxy) is 1. The Bertz CT molecular complexity index is 674. The second kappa shape index (κ2) is 5.52. The van der Waals surface area contributed by atoms with Gasteiger partial charge in [0.1, 0.15) is 22.2 Å². The Morgan fingerprint density at radius 3 is 2.67 bits per heavy atom. The summed E-state index contributed by atoms with van der Waals surface area (Å²) in [7, 11) is 0. The van der Waals surface area contributed by atoms with Crippen LogP contribution in [0.1, 0.15) is 46.3 Å². The molecule has 0 saturated heterocycles. The molecule has 0 radical (unpaired) electrons. The van der Waals surface area contributed by atoms with Gasteiger partial charge in [-0.3, -0.25) is 5.32 Å². The number of carbonyl (C=O) groups is 1. The number of carbonyl (C=O) groups excluding carboxylic acids is 1. The molecule has 0 aromatic carbocycles. The van der Waals surface area contributed by atoms with E-state index in [9.17, 15) is 4.79 Å². The summed E-state index contributed by atoms with van der Waals surface area (Å²) in [6.07, 6.45) is 0.822. The molecular weight excluding hydrogens is 294 g/mol. The predicted octanol–water partition coefficient (Wildman–Crippen LogP) is 4.35. The number of halogens is 1. The molecule has 0 aliphatic rings. The molecule has 2 aromatic heterocycles. The van der Waals surface area contributed by atoms with Gasteiger partial charge in [-0.1, -0.05) is 25.4 Å². The molecule has 0 spiro atoms. The molecule has 21 heavy (non-hydrogen) atoms. The van der Waals surface area contributed by atoms with Crippen LogP contribution >= 0.6 is 11.6 Å². The van der Waals surface area contributed by atoms with Gasteiger partial charge < -0.3 is 9.15 Å². The van der Waals surface area contributed by atoms with Crippen LogP contribution in [-0.2, 0) is 4.74 Å². The van der Waals surface area contributed by atoms with Gasteiger partial charge in [0.25, 0.3) is 0 Å². The van der Waals surface area contributed by atoms with Crippen molar-refractivity contribution in [1.82, 2.24) is 9.97 Å². The average molecular weight is 312 g/mol. The van der Waals surface area contributed by atoms with Crippen molar-refractivity contribution in [1.29, 1.82) is 0 Å². The summed E-state index contributed by atoms with van der Waals surface area (Å²) < 4.78 is 10.9. The number of furan rings is 1. The Balaban J connectivity index is 2.43. The highest BCUT2D eigenvalue weighted by atomic mass is 35.5. The lowest BCUT2D eigenvalue weighted by molar-refractivity contribution is 0.0635. The molecule has 7 heteroatoms. The summed E-state index contributed by atoms with van der Waals surface area (Å²) in [5.74, 6) is 0.628. The van der Waals surface area contributed by atoms with Crippen LogP contribution in [-0.4, -0.2) is 21.7 Å². The zero-order valence-corrected chi connectivity index (χ0v) is 13.4. The minimum Gasteiger partial charge on any atom is -0.444 e. The van der Waals surface area contributed by atoms with Gasteiger partial charge in [0.05, 0.1) is 6.20 Å². The van der Waals surface area contributed by atoms with Crippen LogP contribution in [0.3, 0.4) is 0 Å². The minimum atomic E-state index is -0.592. The number of hydrogen-bond donors (Lipinski definition) is 1. The van der Waals surface area contributed by atoms with Crippen LogP contribution in [0.4, 0.5) is 10.5 Å². The molecule has 0 aliphatic carbocycles. The van der Waals surface area contributed by atoms with Gasteiger partial charge in [0.2, 0.25) is 5.71 Å². The Morgan fingerprint density at radius 1 is 1.43 bits per heavy atom. The molecule has 114 valence electrons. The molecule has 2 aromatic rings. The van der Waals surface area contributed by atoms with E-state index < -0.39 is 11.7 Å². The summed E-state index contributed by atoms with van der Waals surface area (Å²) in [6.45, 7) is 9.26. The second-order valence-corrected chi connectivity index (χ2v) is 6.36. The quantitative estimate of drug-likeness (QED) is 0.892. The summed E-state index contributed by atoms with van der Waals surface area (Å²) >= 11 is 5.86. The molecule has 1 N–H and O–H groups in total. The third kappa shape index (κ3) is 3.64.